The van der Waals surface area contributed by atoms with E-state index >= 15 is 0 Å². The molecule has 0 radical (unpaired) electrons. The predicted molar refractivity (Wildman–Crippen MR) is 143 cm³/mol. The predicted octanol–water partition coefficient (Wildman–Crippen LogP) is 6.87. The highest BCUT2D eigenvalue weighted by Crippen LogP contribution is 2.27. The van der Waals surface area contributed by atoms with Gasteiger partial charge in [-0.05, 0) is 84.3 Å². The van der Waals surface area contributed by atoms with Crippen molar-refractivity contribution in [1.82, 2.24) is 4.90 Å². The maximum Gasteiger partial charge on any atom is 0.309 e. The first kappa shape index (κ1) is 25.0. The van der Waals surface area contributed by atoms with Gasteiger partial charge >= 0.3 is 5.97 Å². The van der Waals surface area contributed by atoms with Gasteiger partial charge in [0.1, 0.15) is 5.75 Å². The minimum atomic E-state index is -0.702. The van der Waals surface area contributed by atoms with Gasteiger partial charge in [-0.2, -0.15) is 0 Å². The summed E-state index contributed by atoms with van der Waals surface area (Å²) >= 11 is 6.28. The third-order valence-electron chi connectivity index (χ3n) is 6.56. The lowest BCUT2D eigenvalue weighted by atomic mass is 9.97. The van der Waals surface area contributed by atoms with Crippen LogP contribution in [0.5, 0.6) is 5.75 Å². The van der Waals surface area contributed by atoms with E-state index < -0.39 is 5.97 Å². The van der Waals surface area contributed by atoms with Crippen LogP contribution in [0.25, 0.3) is 11.6 Å². The molecule has 0 bridgehead atoms. The summed E-state index contributed by atoms with van der Waals surface area (Å²) in [4.78, 5) is 13.1. The molecule has 4 nitrogen and oxygen atoms in total. The standard InChI is InChI=1S/C30H32ClNO3/c1-21-8-9-24(15-22(21)2)16-25(26-5-3-7-28(31)17-26)6-4-14-35-29-12-10-23(11-13-29)18-32-19-27(20-32)30(33)34/h3,5,7-13,15-17,27H,4,6,14,18-20H2,1-2H3,(H,33,34)/b25-16-. The van der Waals surface area contributed by atoms with E-state index in [1.54, 1.807) is 0 Å². The lowest BCUT2D eigenvalue weighted by Crippen LogP contribution is -2.49. The first-order valence-electron chi connectivity index (χ1n) is 12.1. The smallest absolute Gasteiger partial charge is 0.309 e. The second kappa shape index (κ2) is 11.6. The lowest BCUT2D eigenvalue weighted by Gasteiger charge is -2.36. The monoisotopic (exact) mass is 489 g/mol. The Balaban J connectivity index is 1.32. The average molecular weight is 490 g/mol. The zero-order valence-electron chi connectivity index (χ0n) is 20.3. The van der Waals surface area contributed by atoms with Gasteiger partial charge in [-0.15, -0.1) is 0 Å². The average Bonchev–Trinajstić information content (AvgIpc) is 2.81. The number of allylic oxidation sites excluding steroid dienone is 1. The fraction of sp³-hybridized carbons (Fsp3) is 0.300. The molecule has 0 aliphatic carbocycles. The molecule has 0 unspecified atom stereocenters. The molecule has 1 aliphatic rings. The van der Waals surface area contributed by atoms with Crippen molar-refractivity contribution in [3.8, 4) is 5.75 Å². The molecular weight excluding hydrogens is 458 g/mol. The normalized spacial score (nSPS) is 14.5. The summed E-state index contributed by atoms with van der Waals surface area (Å²) < 4.78 is 6.01. The number of likely N-dealkylation sites (tertiary alicyclic amines) is 1. The Morgan fingerprint density at radius 3 is 2.51 bits per heavy atom. The number of hydrogen-bond acceptors (Lipinski definition) is 3. The molecule has 1 aliphatic heterocycles. The van der Waals surface area contributed by atoms with Gasteiger partial charge in [-0.25, -0.2) is 0 Å². The molecule has 0 amide bonds. The Hall–Kier alpha value is -3.08. The number of halogens is 1. The van der Waals surface area contributed by atoms with Gasteiger partial charge in [0.2, 0.25) is 0 Å². The van der Waals surface area contributed by atoms with Gasteiger partial charge in [0.15, 0.2) is 0 Å². The molecule has 3 aromatic carbocycles. The topological polar surface area (TPSA) is 49.8 Å². The van der Waals surface area contributed by atoms with E-state index in [9.17, 15) is 4.79 Å². The van der Waals surface area contributed by atoms with Gasteiger partial charge in [-0.1, -0.05) is 60.1 Å². The summed E-state index contributed by atoms with van der Waals surface area (Å²) in [5.41, 5.74) is 7.31. The quantitative estimate of drug-likeness (QED) is 0.249. The minimum absolute atomic E-state index is 0.224. The van der Waals surface area contributed by atoms with Crippen molar-refractivity contribution in [2.45, 2.75) is 33.2 Å². The highest BCUT2D eigenvalue weighted by molar-refractivity contribution is 6.30. The highest BCUT2D eigenvalue weighted by Gasteiger charge is 2.32. The summed E-state index contributed by atoms with van der Waals surface area (Å²) in [5, 5.41) is 9.75. The van der Waals surface area contributed by atoms with Crippen molar-refractivity contribution in [1.29, 1.82) is 0 Å². The number of carboxylic acids is 1. The summed E-state index contributed by atoms with van der Waals surface area (Å²) in [5.74, 6) is -0.0750. The molecule has 1 fully saturated rings. The first-order valence-corrected chi connectivity index (χ1v) is 12.5. The van der Waals surface area contributed by atoms with Crippen LogP contribution in [0.2, 0.25) is 5.02 Å². The number of ether oxygens (including phenoxy) is 1. The Bertz CT molecular complexity index is 1200. The van der Waals surface area contributed by atoms with Crippen molar-refractivity contribution >= 4 is 29.2 Å². The molecule has 3 aromatic rings. The summed E-state index contributed by atoms with van der Waals surface area (Å²) in [6.07, 6.45) is 4.01. The van der Waals surface area contributed by atoms with E-state index in [0.29, 0.717) is 19.7 Å². The SMILES string of the molecule is Cc1ccc(/C=C(/CCCOc2ccc(CN3CC(C(=O)O)C3)cc2)c2cccc(Cl)c2)cc1C. The number of aliphatic carboxylic acids is 1. The summed E-state index contributed by atoms with van der Waals surface area (Å²) in [6, 6.07) is 22.7. The van der Waals surface area contributed by atoms with Crippen LogP contribution in [0.15, 0.2) is 66.7 Å². The Kier molecular flexibility index (Phi) is 8.27. The van der Waals surface area contributed by atoms with E-state index in [1.165, 1.54) is 27.8 Å². The lowest BCUT2D eigenvalue weighted by molar-refractivity contribution is -0.147. The van der Waals surface area contributed by atoms with Gasteiger partial charge in [0, 0.05) is 24.7 Å². The summed E-state index contributed by atoms with van der Waals surface area (Å²) in [7, 11) is 0. The molecule has 0 aromatic heterocycles. The van der Waals surface area contributed by atoms with Crippen molar-refractivity contribution in [3.05, 3.63) is 99.6 Å². The molecule has 35 heavy (non-hydrogen) atoms. The summed E-state index contributed by atoms with van der Waals surface area (Å²) in [6.45, 7) is 6.91. The fourth-order valence-corrected chi connectivity index (χ4v) is 4.49. The molecule has 1 N–H and O–H groups in total. The molecule has 1 saturated heterocycles. The second-order valence-electron chi connectivity index (χ2n) is 9.35. The van der Waals surface area contributed by atoms with E-state index in [-0.39, 0.29) is 5.92 Å². The number of carbonyl (C=O) groups is 1. The van der Waals surface area contributed by atoms with Crippen LogP contribution in [0, 0.1) is 19.8 Å². The van der Waals surface area contributed by atoms with E-state index in [2.05, 4.69) is 61.2 Å². The zero-order chi connectivity index (χ0) is 24.8. The molecule has 0 atom stereocenters. The third kappa shape index (κ3) is 6.97. The van der Waals surface area contributed by atoms with Crippen molar-refractivity contribution in [2.24, 2.45) is 5.92 Å². The number of rotatable bonds is 10. The number of nitrogens with zero attached hydrogens (tertiary/aromatic N) is 1. The maximum absolute atomic E-state index is 11.0. The minimum Gasteiger partial charge on any atom is -0.494 e. The molecule has 0 saturated carbocycles. The highest BCUT2D eigenvalue weighted by atomic mass is 35.5. The van der Waals surface area contributed by atoms with Crippen molar-refractivity contribution in [2.75, 3.05) is 19.7 Å². The second-order valence-corrected chi connectivity index (χ2v) is 9.79. The van der Waals surface area contributed by atoms with Crippen LogP contribution in [0.1, 0.15) is 40.7 Å². The fourth-order valence-electron chi connectivity index (χ4n) is 4.30. The Labute approximate surface area is 212 Å². The van der Waals surface area contributed by atoms with Crippen LogP contribution in [0.3, 0.4) is 0 Å². The van der Waals surface area contributed by atoms with Crippen molar-refractivity contribution < 1.29 is 14.6 Å². The van der Waals surface area contributed by atoms with Gasteiger partial charge in [0.25, 0.3) is 0 Å². The largest absolute Gasteiger partial charge is 0.494 e. The van der Waals surface area contributed by atoms with Crippen LogP contribution in [-0.4, -0.2) is 35.7 Å². The van der Waals surface area contributed by atoms with Gasteiger partial charge < -0.3 is 9.84 Å². The van der Waals surface area contributed by atoms with E-state index in [0.717, 1.165) is 35.7 Å². The first-order chi connectivity index (χ1) is 16.9. The molecular formula is C30H32ClNO3. The molecule has 0 spiro atoms. The molecule has 5 heteroatoms. The van der Waals surface area contributed by atoms with Gasteiger partial charge in [-0.3, -0.25) is 9.69 Å². The number of carboxylic acid groups (broad SMARTS) is 1. The number of benzene rings is 3. The Morgan fingerprint density at radius 1 is 1.06 bits per heavy atom. The van der Waals surface area contributed by atoms with Crippen LogP contribution in [-0.2, 0) is 11.3 Å². The molecule has 4 rings (SSSR count). The van der Waals surface area contributed by atoms with Crippen LogP contribution >= 0.6 is 11.6 Å². The zero-order valence-corrected chi connectivity index (χ0v) is 21.1. The number of aryl methyl sites for hydroxylation is 2. The van der Waals surface area contributed by atoms with Crippen molar-refractivity contribution in [3.63, 3.8) is 0 Å². The Morgan fingerprint density at radius 2 is 1.83 bits per heavy atom. The maximum atomic E-state index is 11.0. The van der Waals surface area contributed by atoms with Crippen LogP contribution in [0.4, 0.5) is 0 Å². The van der Waals surface area contributed by atoms with E-state index in [4.69, 9.17) is 21.4 Å². The van der Waals surface area contributed by atoms with E-state index in [1.807, 2.05) is 30.3 Å². The molecule has 1 heterocycles. The molecule has 182 valence electrons. The third-order valence-corrected chi connectivity index (χ3v) is 6.80. The van der Waals surface area contributed by atoms with Gasteiger partial charge in [0.05, 0.1) is 12.5 Å². The number of hydrogen-bond donors (Lipinski definition) is 1. The van der Waals surface area contributed by atoms with Crippen LogP contribution < -0.4 is 4.74 Å².